The topological polar surface area (TPSA) is 95.9 Å². The molecule has 0 saturated carbocycles. The molecule has 1 unspecified atom stereocenters. The van der Waals surface area contributed by atoms with Gasteiger partial charge in [-0.2, -0.15) is 0 Å². The lowest BCUT2D eigenvalue weighted by Crippen LogP contribution is -2.40. The van der Waals surface area contributed by atoms with Gasteiger partial charge in [0.2, 0.25) is 5.91 Å². The van der Waals surface area contributed by atoms with E-state index in [0.29, 0.717) is 18.7 Å². The Hall–Kier alpha value is -3.35. The van der Waals surface area contributed by atoms with Crippen molar-refractivity contribution in [2.75, 3.05) is 19.7 Å². The van der Waals surface area contributed by atoms with E-state index < -0.39 is 11.9 Å². The van der Waals surface area contributed by atoms with Gasteiger partial charge in [-0.25, -0.2) is 0 Å². The van der Waals surface area contributed by atoms with E-state index in [1.54, 1.807) is 24.3 Å². The van der Waals surface area contributed by atoms with Gasteiger partial charge in [0, 0.05) is 18.7 Å². The lowest BCUT2D eigenvalue weighted by atomic mass is 9.99. The number of nitrogens with zero attached hydrogens (tertiary/aromatic N) is 1. The van der Waals surface area contributed by atoms with Gasteiger partial charge in [0.1, 0.15) is 12.3 Å². The fraction of sp³-hybridized carbons (Fsp3) is 0.318. The Bertz CT molecular complexity index is 894. The lowest BCUT2D eigenvalue weighted by Gasteiger charge is -2.17. The smallest absolute Gasteiger partial charge is 0.308 e. The highest BCUT2D eigenvalue weighted by molar-refractivity contribution is 6.00. The number of carboxylic acid groups (broad SMARTS) is 1. The molecule has 1 atom stereocenters. The molecular formula is C22H24N2O5. The number of hydrogen-bond acceptors (Lipinski definition) is 4. The van der Waals surface area contributed by atoms with Crippen LogP contribution in [0.2, 0.25) is 0 Å². The average molecular weight is 396 g/mol. The molecule has 152 valence electrons. The summed E-state index contributed by atoms with van der Waals surface area (Å²) in [5.74, 6) is -1.57. The number of carbonyl (C=O) groups excluding carboxylic acids is 2. The van der Waals surface area contributed by atoms with E-state index >= 15 is 0 Å². The first-order valence-electron chi connectivity index (χ1n) is 9.56. The average Bonchev–Trinajstić information content (AvgIpc) is 3.02. The SMILES string of the molecule is CCOc1ccc(CC(CNC(=O)CN2Cc3ccccc3C2=O)C(=O)O)cc1. The molecule has 0 bridgehead atoms. The second-order valence-corrected chi connectivity index (χ2v) is 6.94. The number of hydrogen-bond donors (Lipinski definition) is 2. The van der Waals surface area contributed by atoms with Gasteiger partial charge < -0.3 is 20.1 Å². The monoisotopic (exact) mass is 396 g/mol. The van der Waals surface area contributed by atoms with Crippen molar-refractivity contribution in [1.29, 1.82) is 0 Å². The van der Waals surface area contributed by atoms with Crippen LogP contribution in [0.1, 0.15) is 28.4 Å². The Kier molecular flexibility index (Phi) is 6.49. The number of ether oxygens (including phenoxy) is 1. The van der Waals surface area contributed by atoms with Crippen molar-refractivity contribution in [3.63, 3.8) is 0 Å². The zero-order valence-corrected chi connectivity index (χ0v) is 16.3. The van der Waals surface area contributed by atoms with E-state index in [9.17, 15) is 19.5 Å². The standard InChI is InChI=1S/C22H24N2O5/c1-2-29-18-9-7-15(8-10-18)11-17(22(27)28)12-23-20(25)14-24-13-16-5-3-4-6-19(16)21(24)26/h3-10,17H,2,11-14H2,1H3,(H,23,25)(H,27,28). The van der Waals surface area contributed by atoms with Gasteiger partial charge in [0.25, 0.3) is 5.91 Å². The first-order chi connectivity index (χ1) is 14.0. The summed E-state index contributed by atoms with van der Waals surface area (Å²) in [5.41, 5.74) is 2.35. The summed E-state index contributed by atoms with van der Waals surface area (Å²) in [7, 11) is 0. The highest BCUT2D eigenvalue weighted by Crippen LogP contribution is 2.21. The van der Waals surface area contributed by atoms with Crippen LogP contribution in [0.15, 0.2) is 48.5 Å². The summed E-state index contributed by atoms with van der Waals surface area (Å²) >= 11 is 0. The fourth-order valence-electron chi connectivity index (χ4n) is 3.33. The molecule has 29 heavy (non-hydrogen) atoms. The Morgan fingerprint density at radius 1 is 1.17 bits per heavy atom. The molecular weight excluding hydrogens is 372 g/mol. The van der Waals surface area contributed by atoms with E-state index in [1.165, 1.54) is 4.90 Å². The third-order valence-corrected chi connectivity index (χ3v) is 4.84. The predicted octanol–water partition coefficient (Wildman–Crippen LogP) is 2.10. The molecule has 3 rings (SSSR count). The first-order valence-corrected chi connectivity index (χ1v) is 9.56. The number of benzene rings is 2. The van der Waals surface area contributed by atoms with E-state index in [-0.39, 0.29) is 31.3 Å². The number of rotatable bonds is 9. The van der Waals surface area contributed by atoms with Crippen molar-refractivity contribution in [2.24, 2.45) is 5.92 Å². The molecule has 2 aromatic rings. The summed E-state index contributed by atoms with van der Waals surface area (Å²) in [4.78, 5) is 37.7. The molecule has 2 amide bonds. The fourth-order valence-corrected chi connectivity index (χ4v) is 3.33. The minimum Gasteiger partial charge on any atom is -0.494 e. The van der Waals surface area contributed by atoms with Crippen LogP contribution in [-0.2, 0) is 22.6 Å². The van der Waals surface area contributed by atoms with Gasteiger partial charge in [-0.1, -0.05) is 30.3 Å². The van der Waals surface area contributed by atoms with E-state index in [2.05, 4.69) is 5.32 Å². The first kappa shape index (κ1) is 20.4. The Morgan fingerprint density at radius 2 is 1.90 bits per heavy atom. The van der Waals surface area contributed by atoms with E-state index in [1.807, 2.05) is 31.2 Å². The molecule has 0 spiro atoms. The maximum Gasteiger partial charge on any atom is 0.308 e. The minimum absolute atomic E-state index is 0.00361. The van der Waals surface area contributed by atoms with Gasteiger partial charge >= 0.3 is 5.97 Å². The van der Waals surface area contributed by atoms with Crippen molar-refractivity contribution in [3.8, 4) is 5.75 Å². The second kappa shape index (κ2) is 9.23. The van der Waals surface area contributed by atoms with Crippen LogP contribution in [-0.4, -0.2) is 47.5 Å². The van der Waals surface area contributed by atoms with Gasteiger partial charge in [0.15, 0.2) is 0 Å². The van der Waals surface area contributed by atoms with Crippen LogP contribution in [0.4, 0.5) is 0 Å². The summed E-state index contributed by atoms with van der Waals surface area (Å²) in [6.07, 6.45) is 0.288. The maximum absolute atomic E-state index is 12.3. The molecule has 0 aromatic heterocycles. The molecule has 1 aliphatic rings. The molecule has 7 heteroatoms. The van der Waals surface area contributed by atoms with Crippen molar-refractivity contribution in [2.45, 2.75) is 19.9 Å². The number of nitrogens with one attached hydrogen (secondary N) is 1. The van der Waals surface area contributed by atoms with E-state index in [0.717, 1.165) is 16.9 Å². The number of amides is 2. The van der Waals surface area contributed by atoms with E-state index in [4.69, 9.17) is 4.74 Å². The quantitative estimate of drug-likeness (QED) is 0.677. The van der Waals surface area contributed by atoms with Gasteiger partial charge in [0.05, 0.1) is 12.5 Å². The van der Waals surface area contributed by atoms with Gasteiger partial charge in [-0.05, 0) is 42.7 Å². The summed E-state index contributed by atoms with van der Waals surface area (Å²) in [5, 5.41) is 12.1. The molecule has 7 nitrogen and oxygen atoms in total. The highest BCUT2D eigenvalue weighted by atomic mass is 16.5. The van der Waals surface area contributed by atoms with Crippen molar-refractivity contribution in [1.82, 2.24) is 10.2 Å². The highest BCUT2D eigenvalue weighted by Gasteiger charge is 2.28. The third kappa shape index (κ3) is 5.13. The van der Waals surface area contributed by atoms with Gasteiger partial charge in [-0.3, -0.25) is 14.4 Å². The Balaban J connectivity index is 1.52. The van der Waals surface area contributed by atoms with Crippen LogP contribution in [0.25, 0.3) is 0 Å². The van der Waals surface area contributed by atoms with Gasteiger partial charge in [-0.15, -0.1) is 0 Å². The van der Waals surface area contributed by atoms with Crippen LogP contribution in [0.3, 0.4) is 0 Å². The Morgan fingerprint density at radius 3 is 2.55 bits per heavy atom. The predicted molar refractivity (Wildman–Crippen MR) is 107 cm³/mol. The van der Waals surface area contributed by atoms with Crippen LogP contribution in [0, 0.1) is 5.92 Å². The normalized spacial score (nSPS) is 13.7. The largest absolute Gasteiger partial charge is 0.494 e. The molecule has 1 heterocycles. The maximum atomic E-state index is 12.3. The number of carbonyl (C=O) groups is 3. The van der Waals surface area contributed by atoms with Crippen LogP contribution < -0.4 is 10.1 Å². The molecule has 0 saturated heterocycles. The zero-order valence-electron chi connectivity index (χ0n) is 16.3. The van der Waals surface area contributed by atoms with Crippen molar-refractivity contribution < 1.29 is 24.2 Å². The molecule has 2 N–H and O–H groups in total. The van der Waals surface area contributed by atoms with Crippen LogP contribution in [0.5, 0.6) is 5.75 Å². The number of fused-ring (bicyclic) bond motifs is 1. The summed E-state index contributed by atoms with van der Waals surface area (Å²) in [6, 6.07) is 14.5. The third-order valence-electron chi connectivity index (χ3n) is 4.84. The molecule has 2 aromatic carbocycles. The van der Waals surface area contributed by atoms with Crippen molar-refractivity contribution >= 4 is 17.8 Å². The lowest BCUT2D eigenvalue weighted by molar-refractivity contribution is -0.141. The number of aliphatic carboxylic acids is 1. The molecule has 0 fully saturated rings. The molecule has 0 aliphatic carbocycles. The Labute approximate surface area is 169 Å². The molecule has 1 aliphatic heterocycles. The van der Waals surface area contributed by atoms with Crippen LogP contribution >= 0.6 is 0 Å². The summed E-state index contributed by atoms with van der Waals surface area (Å²) in [6.45, 7) is 2.75. The second-order valence-electron chi connectivity index (χ2n) is 6.94. The summed E-state index contributed by atoms with van der Waals surface area (Å²) < 4.78 is 5.38. The molecule has 0 radical (unpaired) electrons. The number of carboxylic acids is 1. The van der Waals surface area contributed by atoms with Crippen molar-refractivity contribution in [3.05, 3.63) is 65.2 Å². The zero-order chi connectivity index (χ0) is 20.8. The minimum atomic E-state index is -0.983.